The standard InChI is InChI=1S/C9H13BrN2OS.ClH/c1-12(9(13)2-3-11)5-8-4-7(10)6-14-8;/h4,6H,2-3,5,11H2,1H3;1H. The topological polar surface area (TPSA) is 46.3 Å². The SMILES string of the molecule is CN(Cc1cc(Br)cs1)C(=O)CCN.Cl. The smallest absolute Gasteiger partial charge is 0.223 e. The molecule has 0 saturated heterocycles. The number of nitrogens with two attached hydrogens (primary N) is 1. The summed E-state index contributed by atoms with van der Waals surface area (Å²) in [5.41, 5.74) is 5.31. The van der Waals surface area contributed by atoms with Crippen molar-refractivity contribution in [3.8, 4) is 0 Å². The van der Waals surface area contributed by atoms with Gasteiger partial charge in [-0.2, -0.15) is 0 Å². The number of rotatable bonds is 4. The lowest BCUT2D eigenvalue weighted by Crippen LogP contribution is -2.27. The molecule has 1 rings (SSSR count). The van der Waals surface area contributed by atoms with Gasteiger partial charge in [-0.05, 0) is 22.0 Å². The van der Waals surface area contributed by atoms with E-state index in [4.69, 9.17) is 5.73 Å². The number of thiophene rings is 1. The fourth-order valence-corrected chi connectivity index (χ4v) is 2.58. The van der Waals surface area contributed by atoms with E-state index in [0.29, 0.717) is 19.5 Å². The molecule has 1 aromatic heterocycles. The van der Waals surface area contributed by atoms with Crippen molar-refractivity contribution >= 4 is 45.6 Å². The zero-order valence-corrected chi connectivity index (χ0v) is 11.6. The van der Waals surface area contributed by atoms with Crippen molar-refractivity contribution in [2.75, 3.05) is 13.6 Å². The van der Waals surface area contributed by atoms with E-state index in [1.807, 2.05) is 11.4 Å². The minimum Gasteiger partial charge on any atom is -0.341 e. The summed E-state index contributed by atoms with van der Waals surface area (Å²) in [5, 5.41) is 2.01. The molecule has 0 aliphatic carbocycles. The summed E-state index contributed by atoms with van der Waals surface area (Å²) in [6, 6.07) is 2.02. The van der Waals surface area contributed by atoms with Crippen LogP contribution in [0.2, 0.25) is 0 Å². The molecule has 0 bridgehead atoms. The summed E-state index contributed by atoms with van der Waals surface area (Å²) in [6.45, 7) is 1.08. The second-order valence-corrected chi connectivity index (χ2v) is 4.93. The summed E-state index contributed by atoms with van der Waals surface area (Å²) < 4.78 is 1.07. The van der Waals surface area contributed by atoms with Crippen molar-refractivity contribution in [2.24, 2.45) is 5.73 Å². The molecule has 1 heterocycles. The molecule has 3 nitrogen and oxygen atoms in total. The van der Waals surface area contributed by atoms with E-state index in [9.17, 15) is 4.79 Å². The lowest BCUT2D eigenvalue weighted by molar-refractivity contribution is -0.130. The van der Waals surface area contributed by atoms with Crippen molar-refractivity contribution in [3.05, 3.63) is 20.8 Å². The summed E-state index contributed by atoms with van der Waals surface area (Å²) in [4.78, 5) is 14.3. The highest BCUT2D eigenvalue weighted by atomic mass is 79.9. The van der Waals surface area contributed by atoms with Crippen LogP contribution in [-0.4, -0.2) is 24.4 Å². The molecule has 6 heteroatoms. The number of hydrogen-bond donors (Lipinski definition) is 1. The van der Waals surface area contributed by atoms with E-state index in [-0.39, 0.29) is 18.3 Å². The van der Waals surface area contributed by atoms with Crippen molar-refractivity contribution in [2.45, 2.75) is 13.0 Å². The van der Waals surface area contributed by atoms with Crippen LogP contribution in [0.15, 0.2) is 15.9 Å². The molecule has 0 spiro atoms. The van der Waals surface area contributed by atoms with Gasteiger partial charge >= 0.3 is 0 Å². The van der Waals surface area contributed by atoms with E-state index >= 15 is 0 Å². The summed E-state index contributed by atoms with van der Waals surface area (Å²) >= 11 is 5.02. The highest BCUT2D eigenvalue weighted by molar-refractivity contribution is 9.10. The van der Waals surface area contributed by atoms with Gasteiger partial charge in [-0.1, -0.05) is 0 Å². The van der Waals surface area contributed by atoms with E-state index in [1.165, 1.54) is 4.88 Å². The van der Waals surface area contributed by atoms with Crippen LogP contribution in [0.25, 0.3) is 0 Å². The van der Waals surface area contributed by atoms with E-state index in [0.717, 1.165) is 4.47 Å². The van der Waals surface area contributed by atoms with Crippen LogP contribution >= 0.6 is 39.7 Å². The Hall–Kier alpha value is -0.100. The Labute approximate surface area is 108 Å². The quantitative estimate of drug-likeness (QED) is 0.926. The summed E-state index contributed by atoms with van der Waals surface area (Å²) in [7, 11) is 1.80. The zero-order valence-electron chi connectivity index (χ0n) is 8.40. The second-order valence-electron chi connectivity index (χ2n) is 3.02. The molecule has 86 valence electrons. The Morgan fingerprint density at radius 3 is 2.80 bits per heavy atom. The Balaban J connectivity index is 0.00000196. The third-order valence-corrected chi connectivity index (χ3v) is 3.48. The number of carbonyl (C=O) groups excluding carboxylic acids is 1. The fraction of sp³-hybridized carbons (Fsp3) is 0.444. The van der Waals surface area contributed by atoms with Gasteiger partial charge < -0.3 is 10.6 Å². The minimum atomic E-state index is 0. The first-order valence-corrected chi connectivity index (χ1v) is 5.97. The highest BCUT2D eigenvalue weighted by Gasteiger charge is 2.08. The molecule has 2 N–H and O–H groups in total. The average Bonchev–Trinajstić information content (AvgIpc) is 2.51. The zero-order chi connectivity index (χ0) is 10.6. The Kier molecular flexibility index (Phi) is 7.17. The first-order valence-electron chi connectivity index (χ1n) is 4.30. The van der Waals surface area contributed by atoms with Crippen LogP contribution in [0.4, 0.5) is 0 Å². The lowest BCUT2D eigenvalue weighted by atomic mass is 10.3. The molecule has 0 aliphatic heterocycles. The van der Waals surface area contributed by atoms with Gasteiger partial charge in [-0.3, -0.25) is 4.79 Å². The summed E-state index contributed by atoms with van der Waals surface area (Å²) in [6.07, 6.45) is 0.420. The van der Waals surface area contributed by atoms with Crippen LogP contribution in [0.1, 0.15) is 11.3 Å². The van der Waals surface area contributed by atoms with Crippen LogP contribution in [0, 0.1) is 0 Å². The van der Waals surface area contributed by atoms with Crippen LogP contribution in [0.5, 0.6) is 0 Å². The number of hydrogen-bond acceptors (Lipinski definition) is 3. The third-order valence-electron chi connectivity index (χ3n) is 1.80. The second kappa shape index (κ2) is 7.22. The van der Waals surface area contributed by atoms with E-state index in [2.05, 4.69) is 15.9 Å². The molecular formula is C9H14BrClN2OS. The van der Waals surface area contributed by atoms with Gasteiger partial charge in [0.25, 0.3) is 0 Å². The number of amides is 1. The molecule has 0 aliphatic rings. The molecule has 0 radical (unpaired) electrons. The van der Waals surface area contributed by atoms with E-state index in [1.54, 1.807) is 23.3 Å². The largest absolute Gasteiger partial charge is 0.341 e. The molecule has 1 amide bonds. The number of nitrogens with zero attached hydrogens (tertiary/aromatic N) is 1. The van der Waals surface area contributed by atoms with Gasteiger partial charge in [-0.25, -0.2) is 0 Å². The van der Waals surface area contributed by atoms with Crippen molar-refractivity contribution in [1.82, 2.24) is 4.90 Å². The maximum Gasteiger partial charge on any atom is 0.223 e. The van der Waals surface area contributed by atoms with E-state index < -0.39 is 0 Å². The molecule has 0 unspecified atom stereocenters. The summed E-state index contributed by atoms with van der Waals surface area (Å²) in [5.74, 6) is 0.0945. The normalized spacial score (nSPS) is 9.53. The first kappa shape index (κ1) is 14.9. The number of carbonyl (C=O) groups is 1. The monoisotopic (exact) mass is 312 g/mol. The molecule has 0 atom stereocenters. The van der Waals surface area contributed by atoms with Gasteiger partial charge in [-0.15, -0.1) is 23.7 Å². The van der Waals surface area contributed by atoms with Gasteiger partial charge in [0.2, 0.25) is 5.91 Å². The molecule has 15 heavy (non-hydrogen) atoms. The van der Waals surface area contributed by atoms with Crippen LogP contribution < -0.4 is 5.73 Å². The first-order chi connectivity index (χ1) is 6.63. The van der Waals surface area contributed by atoms with Crippen LogP contribution in [-0.2, 0) is 11.3 Å². The maximum atomic E-state index is 11.4. The van der Waals surface area contributed by atoms with Gasteiger partial charge in [0, 0.05) is 34.7 Å². The van der Waals surface area contributed by atoms with Gasteiger partial charge in [0.05, 0.1) is 6.54 Å². The van der Waals surface area contributed by atoms with Crippen molar-refractivity contribution in [1.29, 1.82) is 0 Å². The fourth-order valence-electron chi connectivity index (χ4n) is 1.07. The predicted octanol–water partition coefficient (Wildman–Crippen LogP) is 2.24. The third kappa shape index (κ3) is 4.97. The molecule has 0 fully saturated rings. The highest BCUT2D eigenvalue weighted by Crippen LogP contribution is 2.20. The Morgan fingerprint density at radius 2 is 2.33 bits per heavy atom. The van der Waals surface area contributed by atoms with Crippen molar-refractivity contribution < 1.29 is 4.79 Å². The number of halogens is 2. The van der Waals surface area contributed by atoms with Gasteiger partial charge in [0.15, 0.2) is 0 Å². The Bertz CT molecular complexity index is 319. The lowest BCUT2D eigenvalue weighted by Gasteiger charge is -2.15. The maximum absolute atomic E-state index is 11.4. The Morgan fingerprint density at radius 1 is 1.67 bits per heavy atom. The molecular weight excluding hydrogens is 300 g/mol. The van der Waals surface area contributed by atoms with Gasteiger partial charge in [0.1, 0.15) is 0 Å². The van der Waals surface area contributed by atoms with Crippen molar-refractivity contribution in [3.63, 3.8) is 0 Å². The molecule has 1 aromatic rings. The molecule has 0 aromatic carbocycles. The predicted molar refractivity (Wildman–Crippen MR) is 69.4 cm³/mol. The average molecular weight is 314 g/mol. The molecule has 0 saturated carbocycles. The minimum absolute atomic E-state index is 0. The van der Waals surface area contributed by atoms with Crippen LogP contribution in [0.3, 0.4) is 0 Å².